The second-order valence-corrected chi connectivity index (χ2v) is 9.59. The minimum atomic E-state index is -1.03. The van der Waals surface area contributed by atoms with Gasteiger partial charge in [0.1, 0.15) is 18.1 Å². The van der Waals surface area contributed by atoms with Crippen LogP contribution < -0.4 is 0 Å². The Bertz CT molecular complexity index is 1460. The minimum absolute atomic E-state index is 0.0811. The molecule has 0 aliphatic carbocycles. The number of phenolic OH excluding ortho intramolecular Hbond substituents is 2. The van der Waals surface area contributed by atoms with Gasteiger partial charge in [0.15, 0.2) is 0 Å². The number of aryl methyl sites for hydroxylation is 1. The number of carboxylic acid groups (broad SMARTS) is 1. The fourth-order valence-corrected chi connectivity index (χ4v) is 5.29. The maximum absolute atomic E-state index is 12.7. The number of benzene rings is 4. The predicted octanol–water partition coefficient (Wildman–Crippen LogP) is 5.55. The smallest absolute Gasteiger partial charge is 0.338 e. The average Bonchev–Trinajstić information content (AvgIpc) is 3.33. The Morgan fingerprint density at radius 3 is 2.40 bits per heavy atom. The van der Waals surface area contributed by atoms with E-state index in [0.29, 0.717) is 21.9 Å². The lowest BCUT2D eigenvalue weighted by Gasteiger charge is -2.12. The SMILES string of the molecule is O=C(O)c1ccc(Cc2c(O)cc3ccc(C(=O)OCc4ccc5c(c4)CCS5)cc3c2O)cc1. The van der Waals surface area contributed by atoms with Crippen LogP contribution in [0.3, 0.4) is 0 Å². The molecule has 1 aliphatic rings. The summed E-state index contributed by atoms with van der Waals surface area (Å²) in [5.41, 5.74) is 3.69. The first-order valence-electron chi connectivity index (χ1n) is 11.1. The summed E-state index contributed by atoms with van der Waals surface area (Å²) in [5.74, 6) is -0.664. The first-order chi connectivity index (χ1) is 16.9. The number of hydrogen-bond donors (Lipinski definition) is 3. The molecule has 0 amide bonds. The van der Waals surface area contributed by atoms with Crippen LogP contribution in [0.15, 0.2) is 71.6 Å². The zero-order valence-corrected chi connectivity index (χ0v) is 19.5. The van der Waals surface area contributed by atoms with E-state index in [1.807, 2.05) is 17.8 Å². The van der Waals surface area contributed by atoms with Crippen LogP contribution >= 0.6 is 11.8 Å². The number of carbonyl (C=O) groups excluding carboxylic acids is 1. The molecule has 1 aliphatic heterocycles. The molecule has 1 heterocycles. The number of carboxylic acids is 1. The summed E-state index contributed by atoms with van der Waals surface area (Å²) in [4.78, 5) is 25.1. The van der Waals surface area contributed by atoms with E-state index in [0.717, 1.165) is 23.3 Å². The zero-order chi connectivity index (χ0) is 24.5. The van der Waals surface area contributed by atoms with Crippen LogP contribution in [0.4, 0.5) is 0 Å². The maximum atomic E-state index is 12.7. The maximum Gasteiger partial charge on any atom is 0.338 e. The third-order valence-corrected chi connectivity index (χ3v) is 7.25. The van der Waals surface area contributed by atoms with Gasteiger partial charge in [-0.25, -0.2) is 9.59 Å². The second-order valence-electron chi connectivity index (χ2n) is 8.45. The number of esters is 1. The standard InChI is InChI=1S/C28H22O6S/c29-24-14-19-6-7-21(28(33)34-15-17-3-8-25-20(11-17)9-10-35-25)13-22(19)26(30)23(24)12-16-1-4-18(5-2-16)27(31)32/h1-8,11,13-14,29-30H,9-10,12,15H2,(H,31,32). The molecular formula is C28H22O6S. The van der Waals surface area contributed by atoms with Crippen LogP contribution in [0.25, 0.3) is 10.8 Å². The Kier molecular flexibility index (Phi) is 6.09. The number of thioether (sulfide) groups is 1. The lowest BCUT2D eigenvalue weighted by Crippen LogP contribution is -2.05. The molecule has 0 aromatic heterocycles. The van der Waals surface area contributed by atoms with E-state index in [1.54, 1.807) is 30.3 Å². The number of carbonyl (C=O) groups is 2. The molecule has 0 spiro atoms. The molecule has 0 bridgehead atoms. The molecule has 0 radical (unpaired) electrons. The lowest BCUT2D eigenvalue weighted by atomic mass is 9.97. The van der Waals surface area contributed by atoms with Crippen LogP contribution in [0, 0.1) is 0 Å². The van der Waals surface area contributed by atoms with Gasteiger partial charge >= 0.3 is 11.9 Å². The number of ether oxygens (including phenoxy) is 1. The van der Waals surface area contributed by atoms with Gasteiger partial charge in [0.2, 0.25) is 0 Å². The summed E-state index contributed by atoms with van der Waals surface area (Å²) in [6.45, 7) is 0.161. The molecular weight excluding hydrogens is 464 g/mol. The molecule has 0 atom stereocenters. The summed E-state index contributed by atoms with van der Waals surface area (Å²) in [5, 5.41) is 31.5. The largest absolute Gasteiger partial charge is 0.507 e. The number of hydrogen-bond acceptors (Lipinski definition) is 6. The van der Waals surface area contributed by atoms with Crippen molar-refractivity contribution in [3.63, 3.8) is 0 Å². The molecule has 5 rings (SSSR count). The normalized spacial score (nSPS) is 12.5. The Morgan fingerprint density at radius 1 is 0.886 bits per heavy atom. The van der Waals surface area contributed by atoms with Crippen molar-refractivity contribution in [2.75, 3.05) is 5.75 Å². The van der Waals surface area contributed by atoms with E-state index in [1.165, 1.54) is 28.7 Å². The molecule has 176 valence electrons. The number of aromatic hydroxyl groups is 2. The van der Waals surface area contributed by atoms with Gasteiger partial charge in [-0.3, -0.25) is 0 Å². The summed E-state index contributed by atoms with van der Waals surface area (Å²) in [7, 11) is 0. The van der Waals surface area contributed by atoms with E-state index in [9.17, 15) is 19.8 Å². The van der Waals surface area contributed by atoms with E-state index in [2.05, 4.69) is 12.1 Å². The molecule has 0 saturated carbocycles. The van der Waals surface area contributed by atoms with Crippen molar-refractivity contribution in [3.8, 4) is 11.5 Å². The highest BCUT2D eigenvalue weighted by molar-refractivity contribution is 7.99. The molecule has 0 unspecified atom stereocenters. The monoisotopic (exact) mass is 486 g/mol. The van der Waals surface area contributed by atoms with Crippen molar-refractivity contribution >= 4 is 34.5 Å². The third-order valence-electron chi connectivity index (χ3n) is 6.14. The van der Waals surface area contributed by atoms with Gasteiger partial charge in [-0.2, -0.15) is 0 Å². The first kappa shape index (κ1) is 22.8. The van der Waals surface area contributed by atoms with Crippen molar-refractivity contribution in [2.24, 2.45) is 0 Å². The topological polar surface area (TPSA) is 104 Å². The van der Waals surface area contributed by atoms with Gasteiger partial charge in [-0.15, -0.1) is 11.8 Å². The van der Waals surface area contributed by atoms with Crippen molar-refractivity contribution in [1.82, 2.24) is 0 Å². The van der Waals surface area contributed by atoms with Gasteiger partial charge in [0.25, 0.3) is 0 Å². The van der Waals surface area contributed by atoms with Crippen LogP contribution in [-0.2, 0) is 24.2 Å². The molecule has 6 nitrogen and oxygen atoms in total. The molecule has 0 saturated heterocycles. The van der Waals surface area contributed by atoms with Crippen molar-refractivity contribution in [3.05, 3.63) is 100 Å². The molecule has 4 aromatic carbocycles. The fraction of sp³-hybridized carbons (Fsp3) is 0.143. The van der Waals surface area contributed by atoms with E-state index >= 15 is 0 Å². The van der Waals surface area contributed by atoms with E-state index < -0.39 is 11.9 Å². The minimum Gasteiger partial charge on any atom is -0.507 e. The van der Waals surface area contributed by atoms with Gasteiger partial charge in [0, 0.05) is 28.0 Å². The highest BCUT2D eigenvalue weighted by Crippen LogP contribution is 2.38. The number of phenols is 2. The van der Waals surface area contributed by atoms with Crippen molar-refractivity contribution < 1.29 is 29.6 Å². The van der Waals surface area contributed by atoms with E-state index in [4.69, 9.17) is 9.84 Å². The summed E-state index contributed by atoms with van der Waals surface area (Å²) in [6.07, 6.45) is 1.21. The average molecular weight is 487 g/mol. The van der Waals surface area contributed by atoms with Crippen LogP contribution in [0.5, 0.6) is 11.5 Å². The fourth-order valence-electron chi connectivity index (χ4n) is 4.24. The van der Waals surface area contributed by atoms with Crippen molar-refractivity contribution in [1.29, 1.82) is 0 Å². The Morgan fingerprint density at radius 2 is 1.63 bits per heavy atom. The molecule has 7 heteroatoms. The molecule has 4 aromatic rings. The van der Waals surface area contributed by atoms with Gasteiger partial charge < -0.3 is 20.1 Å². The number of aromatic carboxylic acids is 1. The highest BCUT2D eigenvalue weighted by atomic mass is 32.2. The van der Waals surface area contributed by atoms with Crippen molar-refractivity contribution in [2.45, 2.75) is 24.3 Å². The highest BCUT2D eigenvalue weighted by Gasteiger charge is 2.17. The first-order valence-corrected chi connectivity index (χ1v) is 12.1. The number of rotatable bonds is 6. The summed E-state index contributed by atoms with van der Waals surface area (Å²) >= 11 is 1.83. The zero-order valence-electron chi connectivity index (χ0n) is 18.7. The molecule has 3 N–H and O–H groups in total. The quantitative estimate of drug-likeness (QED) is 0.307. The Hall–Kier alpha value is -3.97. The van der Waals surface area contributed by atoms with Gasteiger partial charge in [-0.05, 0) is 64.9 Å². The van der Waals surface area contributed by atoms with E-state index in [-0.39, 0.29) is 30.1 Å². The summed E-state index contributed by atoms with van der Waals surface area (Å²) < 4.78 is 5.52. The van der Waals surface area contributed by atoms with Gasteiger partial charge in [-0.1, -0.05) is 30.3 Å². The molecule has 0 fully saturated rings. The van der Waals surface area contributed by atoms with Crippen LogP contribution in [-0.4, -0.2) is 33.0 Å². The van der Waals surface area contributed by atoms with Gasteiger partial charge in [0.05, 0.1) is 11.1 Å². The van der Waals surface area contributed by atoms with Crippen LogP contribution in [0.2, 0.25) is 0 Å². The van der Waals surface area contributed by atoms with Crippen LogP contribution in [0.1, 0.15) is 43.0 Å². The molecule has 35 heavy (non-hydrogen) atoms. The Balaban J connectivity index is 1.37. The Labute approximate surface area is 205 Å². The third kappa shape index (κ3) is 4.68. The number of fused-ring (bicyclic) bond motifs is 2. The predicted molar refractivity (Wildman–Crippen MR) is 133 cm³/mol. The summed E-state index contributed by atoms with van der Waals surface area (Å²) in [6, 6.07) is 18.7. The lowest BCUT2D eigenvalue weighted by molar-refractivity contribution is 0.0472. The second kappa shape index (κ2) is 9.35.